The van der Waals surface area contributed by atoms with Gasteiger partial charge in [0.05, 0.1) is 0 Å². The maximum absolute atomic E-state index is 13.3. The molecular weight excluding hydrogens is 328 g/mol. The van der Waals surface area contributed by atoms with Gasteiger partial charge in [-0.1, -0.05) is 0 Å². The fourth-order valence-corrected chi connectivity index (χ4v) is 3.50. The number of benzene rings is 1. The van der Waals surface area contributed by atoms with Crippen molar-refractivity contribution in [2.75, 3.05) is 40.3 Å². The second kappa shape index (κ2) is 6.90. The van der Waals surface area contributed by atoms with Gasteiger partial charge >= 0.3 is 0 Å². The van der Waals surface area contributed by atoms with E-state index in [2.05, 4.69) is 0 Å². The Labute approximate surface area is 134 Å². The molecule has 9 heteroatoms. The van der Waals surface area contributed by atoms with E-state index in [-0.39, 0.29) is 18.7 Å². The molecule has 1 aliphatic heterocycles. The average molecular weight is 347 g/mol. The van der Waals surface area contributed by atoms with E-state index >= 15 is 0 Å². The summed E-state index contributed by atoms with van der Waals surface area (Å²) in [6, 6.07) is 2.99. The Morgan fingerprint density at radius 1 is 1.09 bits per heavy atom. The van der Waals surface area contributed by atoms with Gasteiger partial charge in [0.15, 0.2) is 11.6 Å². The molecule has 0 N–H and O–H groups in total. The predicted molar refractivity (Wildman–Crippen MR) is 81.1 cm³/mol. The van der Waals surface area contributed by atoms with Gasteiger partial charge in [0.2, 0.25) is 0 Å². The smallest absolute Gasteiger partial charge is 0.281 e. The van der Waals surface area contributed by atoms with Crippen LogP contribution in [0.1, 0.15) is 16.8 Å². The Morgan fingerprint density at radius 3 is 2.39 bits per heavy atom. The number of hydrogen-bond donors (Lipinski definition) is 0. The number of hydrogen-bond acceptors (Lipinski definition) is 3. The zero-order chi connectivity index (χ0) is 17.2. The third kappa shape index (κ3) is 3.85. The summed E-state index contributed by atoms with van der Waals surface area (Å²) in [6.07, 6.45) is 0.475. The second-order valence-electron chi connectivity index (χ2n) is 5.46. The summed E-state index contributed by atoms with van der Waals surface area (Å²) < 4.78 is 52.9. The van der Waals surface area contributed by atoms with E-state index in [0.29, 0.717) is 19.5 Å². The van der Waals surface area contributed by atoms with E-state index in [4.69, 9.17) is 0 Å². The highest BCUT2D eigenvalue weighted by atomic mass is 32.2. The molecule has 0 aromatic heterocycles. The minimum Gasteiger partial charge on any atom is -0.337 e. The van der Waals surface area contributed by atoms with E-state index in [1.165, 1.54) is 29.4 Å². The molecule has 6 nitrogen and oxygen atoms in total. The van der Waals surface area contributed by atoms with Crippen LogP contribution in [0.3, 0.4) is 0 Å². The number of amides is 1. The first-order valence-corrected chi connectivity index (χ1v) is 8.55. The molecule has 0 spiro atoms. The minimum atomic E-state index is -3.53. The first-order valence-electron chi connectivity index (χ1n) is 7.15. The lowest BCUT2D eigenvalue weighted by Crippen LogP contribution is -2.42. The molecule has 0 bridgehead atoms. The van der Waals surface area contributed by atoms with Crippen molar-refractivity contribution < 1.29 is 22.0 Å². The van der Waals surface area contributed by atoms with Crippen LogP contribution in [0, 0.1) is 11.6 Å². The number of carbonyl (C=O) groups is 1. The van der Waals surface area contributed by atoms with Gasteiger partial charge in [-0.05, 0) is 24.6 Å². The van der Waals surface area contributed by atoms with Crippen LogP contribution in [0.15, 0.2) is 18.2 Å². The van der Waals surface area contributed by atoms with Gasteiger partial charge in [0.25, 0.3) is 16.1 Å². The van der Waals surface area contributed by atoms with Crippen molar-refractivity contribution in [2.45, 2.75) is 6.42 Å². The van der Waals surface area contributed by atoms with Crippen molar-refractivity contribution in [1.29, 1.82) is 0 Å². The van der Waals surface area contributed by atoms with Crippen molar-refractivity contribution >= 4 is 16.1 Å². The highest BCUT2D eigenvalue weighted by Gasteiger charge is 2.28. The Morgan fingerprint density at radius 2 is 1.78 bits per heavy atom. The lowest BCUT2D eigenvalue weighted by molar-refractivity contribution is 0.0763. The molecule has 1 aromatic rings. The van der Waals surface area contributed by atoms with Crippen LogP contribution >= 0.6 is 0 Å². The van der Waals surface area contributed by atoms with E-state index in [1.54, 1.807) is 0 Å². The normalized spacial score (nSPS) is 17.3. The molecule has 128 valence electrons. The Balaban J connectivity index is 2.11. The lowest BCUT2D eigenvalue weighted by atomic mass is 10.2. The quantitative estimate of drug-likeness (QED) is 0.817. The van der Waals surface area contributed by atoms with Crippen LogP contribution in [0.5, 0.6) is 0 Å². The van der Waals surface area contributed by atoms with Crippen LogP contribution in [0.4, 0.5) is 8.78 Å². The molecule has 1 heterocycles. The molecular formula is C14H19F2N3O3S. The molecule has 2 rings (SSSR count). The molecule has 1 fully saturated rings. The summed E-state index contributed by atoms with van der Waals surface area (Å²) in [5.41, 5.74) is 0.0489. The Kier molecular flexibility index (Phi) is 5.33. The molecule has 0 radical (unpaired) electrons. The highest BCUT2D eigenvalue weighted by molar-refractivity contribution is 7.86. The second-order valence-corrected chi connectivity index (χ2v) is 7.61. The predicted octanol–water partition coefficient (Wildman–Crippen LogP) is 0.919. The number of nitrogens with zero attached hydrogens (tertiary/aromatic N) is 3. The van der Waals surface area contributed by atoms with E-state index in [1.807, 2.05) is 0 Å². The SMILES string of the molecule is CN(C)S(=O)(=O)N1CCCN(C(=O)c2ccc(F)c(F)c2)CC1. The maximum atomic E-state index is 13.3. The van der Waals surface area contributed by atoms with Crippen LogP contribution in [-0.4, -0.2) is 68.1 Å². The largest absolute Gasteiger partial charge is 0.337 e. The molecule has 1 amide bonds. The van der Waals surface area contributed by atoms with Gasteiger partial charge in [-0.3, -0.25) is 4.79 Å². The topological polar surface area (TPSA) is 60.9 Å². The van der Waals surface area contributed by atoms with Gasteiger partial charge in [0.1, 0.15) is 0 Å². The number of carbonyl (C=O) groups excluding carboxylic acids is 1. The van der Waals surface area contributed by atoms with E-state index < -0.39 is 27.8 Å². The van der Waals surface area contributed by atoms with Crippen LogP contribution in [0.2, 0.25) is 0 Å². The van der Waals surface area contributed by atoms with Crippen molar-refractivity contribution in [1.82, 2.24) is 13.5 Å². The van der Waals surface area contributed by atoms with Crippen LogP contribution < -0.4 is 0 Å². The van der Waals surface area contributed by atoms with E-state index in [9.17, 15) is 22.0 Å². The summed E-state index contributed by atoms with van der Waals surface area (Å²) in [4.78, 5) is 13.8. The van der Waals surface area contributed by atoms with Crippen LogP contribution in [-0.2, 0) is 10.2 Å². The lowest BCUT2D eigenvalue weighted by Gasteiger charge is -2.24. The zero-order valence-corrected chi connectivity index (χ0v) is 13.8. The minimum absolute atomic E-state index is 0.0489. The molecule has 1 aromatic carbocycles. The third-order valence-corrected chi connectivity index (χ3v) is 5.64. The molecule has 0 aliphatic carbocycles. The summed E-state index contributed by atoms with van der Waals surface area (Å²) in [6.45, 7) is 1.03. The highest BCUT2D eigenvalue weighted by Crippen LogP contribution is 2.15. The summed E-state index contributed by atoms with van der Waals surface area (Å²) >= 11 is 0. The fraction of sp³-hybridized carbons (Fsp3) is 0.500. The summed E-state index contributed by atoms with van der Waals surface area (Å²) in [7, 11) is -0.633. The molecule has 0 unspecified atom stereocenters. The van der Waals surface area contributed by atoms with Gasteiger partial charge in [-0.15, -0.1) is 0 Å². The van der Waals surface area contributed by atoms with Gasteiger partial charge in [0, 0.05) is 45.8 Å². The van der Waals surface area contributed by atoms with Crippen molar-refractivity contribution in [3.05, 3.63) is 35.4 Å². The van der Waals surface area contributed by atoms with Crippen molar-refractivity contribution in [2.24, 2.45) is 0 Å². The van der Waals surface area contributed by atoms with Crippen molar-refractivity contribution in [3.63, 3.8) is 0 Å². The molecule has 23 heavy (non-hydrogen) atoms. The first kappa shape index (κ1) is 17.8. The molecule has 0 atom stereocenters. The number of rotatable bonds is 3. The molecule has 0 saturated carbocycles. The van der Waals surface area contributed by atoms with Gasteiger partial charge in [-0.2, -0.15) is 17.0 Å². The van der Waals surface area contributed by atoms with Gasteiger partial charge < -0.3 is 4.90 Å². The summed E-state index contributed by atoms with van der Waals surface area (Å²) in [5.74, 6) is -2.53. The fourth-order valence-electron chi connectivity index (χ4n) is 2.37. The number of halogens is 2. The Hall–Kier alpha value is -1.58. The Bertz CT molecular complexity index is 695. The average Bonchev–Trinajstić information content (AvgIpc) is 2.75. The van der Waals surface area contributed by atoms with Crippen LogP contribution in [0.25, 0.3) is 0 Å². The first-order chi connectivity index (χ1) is 10.7. The monoisotopic (exact) mass is 347 g/mol. The van der Waals surface area contributed by atoms with E-state index in [0.717, 1.165) is 16.4 Å². The molecule has 1 aliphatic rings. The summed E-state index contributed by atoms with van der Waals surface area (Å²) in [5, 5.41) is 0. The van der Waals surface area contributed by atoms with Gasteiger partial charge in [-0.25, -0.2) is 8.78 Å². The van der Waals surface area contributed by atoms with Crippen molar-refractivity contribution in [3.8, 4) is 0 Å². The third-order valence-electron chi connectivity index (χ3n) is 3.70. The maximum Gasteiger partial charge on any atom is 0.281 e. The molecule has 1 saturated heterocycles. The standard InChI is InChI=1S/C14H19F2N3O3S/c1-17(2)23(21,22)19-7-3-6-18(8-9-19)14(20)11-4-5-12(15)13(16)10-11/h4-5,10H,3,6-9H2,1-2H3. The zero-order valence-electron chi connectivity index (χ0n) is 13.0.